The fraction of sp³-hybridized carbons (Fsp3) is 0.385. The fourth-order valence-corrected chi connectivity index (χ4v) is 1.93. The van der Waals surface area contributed by atoms with Crippen LogP contribution in [0.4, 0.5) is 5.69 Å². The van der Waals surface area contributed by atoms with Crippen LogP contribution in [0.1, 0.15) is 23.7 Å². The van der Waals surface area contributed by atoms with E-state index in [0.29, 0.717) is 0 Å². The average molecular weight is 296 g/mol. The Kier molecular flexibility index (Phi) is 5.23. The van der Waals surface area contributed by atoms with Gasteiger partial charge in [-0.15, -0.1) is 0 Å². The van der Waals surface area contributed by atoms with Gasteiger partial charge >= 0.3 is 11.7 Å². The smallest absolute Gasteiger partial charge is 0.326 e. The van der Waals surface area contributed by atoms with Crippen molar-refractivity contribution in [3.8, 4) is 5.75 Å². The maximum absolute atomic E-state index is 12.2. The van der Waals surface area contributed by atoms with Crippen molar-refractivity contribution in [3.63, 3.8) is 0 Å². The molecule has 0 bridgehead atoms. The second-order valence-electron chi connectivity index (χ2n) is 4.32. The van der Waals surface area contributed by atoms with Crippen molar-refractivity contribution in [1.82, 2.24) is 4.90 Å². The molecule has 8 nitrogen and oxygen atoms in total. The van der Waals surface area contributed by atoms with E-state index in [1.165, 1.54) is 26.3 Å². The lowest BCUT2D eigenvalue weighted by molar-refractivity contribution is -0.385. The molecule has 0 saturated heterocycles. The van der Waals surface area contributed by atoms with Crippen molar-refractivity contribution in [3.05, 3.63) is 33.9 Å². The summed E-state index contributed by atoms with van der Waals surface area (Å²) in [5.74, 6) is -1.70. The average Bonchev–Trinajstić information content (AvgIpc) is 2.45. The number of rotatable bonds is 6. The highest BCUT2D eigenvalue weighted by Gasteiger charge is 2.27. The lowest BCUT2D eigenvalue weighted by atomic mass is 10.1. The first kappa shape index (κ1) is 16.4. The summed E-state index contributed by atoms with van der Waals surface area (Å²) in [6, 6.07) is 2.76. The van der Waals surface area contributed by atoms with Gasteiger partial charge in [-0.1, -0.05) is 6.92 Å². The van der Waals surface area contributed by atoms with Crippen LogP contribution in [-0.4, -0.2) is 47.0 Å². The highest BCUT2D eigenvalue weighted by Crippen LogP contribution is 2.28. The number of carboxylic acid groups (broad SMARTS) is 1. The van der Waals surface area contributed by atoms with Crippen LogP contribution >= 0.6 is 0 Å². The Morgan fingerprint density at radius 3 is 2.52 bits per heavy atom. The maximum atomic E-state index is 12.2. The van der Waals surface area contributed by atoms with E-state index in [-0.39, 0.29) is 23.4 Å². The van der Waals surface area contributed by atoms with E-state index in [4.69, 9.17) is 9.84 Å². The van der Waals surface area contributed by atoms with Gasteiger partial charge in [-0.3, -0.25) is 14.9 Å². The number of carbonyl (C=O) groups is 2. The maximum Gasteiger partial charge on any atom is 0.326 e. The van der Waals surface area contributed by atoms with Gasteiger partial charge in [-0.25, -0.2) is 4.79 Å². The second-order valence-corrected chi connectivity index (χ2v) is 4.32. The molecule has 0 aliphatic rings. The molecular formula is C13H16N2O6. The zero-order valence-electron chi connectivity index (χ0n) is 11.9. The van der Waals surface area contributed by atoms with Gasteiger partial charge in [0.05, 0.1) is 12.0 Å². The number of hydrogen-bond acceptors (Lipinski definition) is 5. The molecule has 1 atom stereocenters. The molecule has 0 spiro atoms. The molecule has 1 rings (SSSR count). The molecular weight excluding hydrogens is 280 g/mol. The molecule has 21 heavy (non-hydrogen) atoms. The second kappa shape index (κ2) is 6.69. The SMILES string of the molecule is CCC(C(=O)O)N(C)C(=O)c1ccc(OC)c([N+](=O)[O-])c1. The molecule has 1 unspecified atom stereocenters. The molecule has 0 saturated carbocycles. The van der Waals surface area contributed by atoms with Crippen LogP contribution in [0.3, 0.4) is 0 Å². The third-order valence-electron chi connectivity index (χ3n) is 3.08. The van der Waals surface area contributed by atoms with E-state index >= 15 is 0 Å². The molecule has 1 aromatic carbocycles. The summed E-state index contributed by atoms with van der Waals surface area (Å²) < 4.78 is 4.85. The monoisotopic (exact) mass is 296 g/mol. The van der Waals surface area contributed by atoms with E-state index < -0.39 is 22.8 Å². The Labute approximate surface area is 121 Å². The van der Waals surface area contributed by atoms with E-state index in [0.717, 1.165) is 11.0 Å². The summed E-state index contributed by atoms with van der Waals surface area (Å²) in [7, 11) is 2.63. The van der Waals surface area contributed by atoms with Crippen molar-refractivity contribution < 1.29 is 24.4 Å². The molecule has 1 amide bonds. The molecule has 0 radical (unpaired) electrons. The molecule has 114 valence electrons. The van der Waals surface area contributed by atoms with Gasteiger partial charge in [0.15, 0.2) is 5.75 Å². The molecule has 0 aromatic heterocycles. The number of benzene rings is 1. The van der Waals surface area contributed by atoms with Gasteiger partial charge in [0.25, 0.3) is 5.91 Å². The highest BCUT2D eigenvalue weighted by molar-refractivity contribution is 5.97. The Bertz CT molecular complexity index is 572. The van der Waals surface area contributed by atoms with Crippen LogP contribution in [0.5, 0.6) is 5.75 Å². The quantitative estimate of drug-likeness (QED) is 0.629. The Morgan fingerprint density at radius 2 is 2.10 bits per heavy atom. The van der Waals surface area contributed by atoms with E-state index in [1.54, 1.807) is 6.92 Å². The first-order chi connectivity index (χ1) is 9.83. The van der Waals surface area contributed by atoms with Gasteiger partial charge in [-0.05, 0) is 18.6 Å². The minimum Gasteiger partial charge on any atom is -0.490 e. The molecule has 1 aromatic rings. The Hall–Kier alpha value is -2.64. The Balaban J connectivity index is 3.16. The van der Waals surface area contributed by atoms with Gasteiger partial charge in [0.1, 0.15) is 6.04 Å². The summed E-state index contributed by atoms with van der Waals surface area (Å²) >= 11 is 0. The van der Waals surface area contributed by atoms with E-state index in [1.807, 2.05) is 0 Å². The zero-order chi connectivity index (χ0) is 16.2. The predicted molar refractivity (Wildman–Crippen MR) is 73.5 cm³/mol. The van der Waals surface area contributed by atoms with Crippen molar-refractivity contribution in [2.75, 3.05) is 14.2 Å². The minimum atomic E-state index is -1.13. The summed E-state index contributed by atoms with van der Waals surface area (Å²) in [6.45, 7) is 1.64. The van der Waals surface area contributed by atoms with Gasteiger partial charge in [0, 0.05) is 18.7 Å². The minimum absolute atomic E-state index is 0.0319. The summed E-state index contributed by atoms with van der Waals surface area (Å²) in [6.07, 6.45) is 0.232. The number of methoxy groups -OCH3 is 1. The van der Waals surface area contributed by atoms with Crippen molar-refractivity contribution >= 4 is 17.6 Å². The third kappa shape index (κ3) is 3.47. The Morgan fingerprint density at radius 1 is 1.48 bits per heavy atom. The zero-order valence-corrected chi connectivity index (χ0v) is 11.9. The topological polar surface area (TPSA) is 110 Å². The lowest BCUT2D eigenvalue weighted by Crippen LogP contribution is -2.41. The molecule has 0 heterocycles. The largest absolute Gasteiger partial charge is 0.490 e. The van der Waals surface area contributed by atoms with Crippen LogP contribution in [-0.2, 0) is 4.79 Å². The standard InChI is InChI=1S/C13H16N2O6/c1-4-9(13(17)18)14(2)12(16)8-5-6-11(21-3)10(7-8)15(19)20/h5-7,9H,4H2,1-3H3,(H,17,18). The number of ether oxygens (including phenoxy) is 1. The fourth-order valence-electron chi connectivity index (χ4n) is 1.93. The first-order valence-corrected chi connectivity index (χ1v) is 6.15. The molecule has 1 N–H and O–H groups in total. The van der Waals surface area contributed by atoms with E-state index in [9.17, 15) is 19.7 Å². The van der Waals surface area contributed by atoms with Crippen molar-refractivity contribution in [1.29, 1.82) is 0 Å². The number of carbonyl (C=O) groups excluding carboxylic acids is 1. The number of amides is 1. The molecule has 0 fully saturated rings. The van der Waals surface area contributed by atoms with Gasteiger partial charge in [-0.2, -0.15) is 0 Å². The third-order valence-corrected chi connectivity index (χ3v) is 3.08. The summed E-state index contributed by atoms with van der Waals surface area (Å²) in [5.41, 5.74) is -0.315. The number of nitrogens with zero attached hydrogens (tertiary/aromatic N) is 2. The number of likely N-dealkylation sites (N-methyl/N-ethyl adjacent to an activating group) is 1. The van der Waals surface area contributed by atoms with Crippen LogP contribution in [0, 0.1) is 10.1 Å². The van der Waals surface area contributed by atoms with Crippen LogP contribution in [0.15, 0.2) is 18.2 Å². The van der Waals surface area contributed by atoms with Gasteiger partial charge < -0.3 is 14.7 Å². The normalized spacial score (nSPS) is 11.6. The van der Waals surface area contributed by atoms with Gasteiger partial charge in [0.2, 0.25) is 0 Å². The first-order valence-electron chi connectivity index (χ1n) is 6.15. The highest BCUT2D eigenvalue weighted by atomic mass is 16.6. The molecule has 0 aliphatic carbocycles. The molecule has 0 aliphatic heterocycles. The van der Waals surface area contributed by atoms with Crippen LogP contribution < -0.4 is 4.74 Å². The number of hydrogen-bond donors (Lipinski definition) is 1. The summed E-state index contributed by atoms with van der Waals surface area (Å²) in [5, 5.41) is 20.0. The van der Waals surface area contributed by atoms with Crippen LogP contribution in [0.2, 0.25) is 0 Å². The number of aliphatic carboxylic acids is 1. The predicted octanol–water partition coefficient (Wildman–Crippen LogP) is 1.54. The molecule has 8 heteroatoms. The lowest BCUT2D eigenvalue weighted by Gasteiger charge is -2.23. The van der Waals surface area contributed by atoms with Crippen LogP contribution in [0.25, 0.3) is 0 Å². The van der Waals surface area contributed by atoms with Crippen molar-refractivity contribution in [2.24, 2.45) is 0 Å². The number of nitro groups is 1. The van der Waals surface area contributed by atoms with E-state index in [2.05, 4.69) is 0 Å². The number of carboxylic acids is 1. The summed E-state index contributed by atoms with van der Waals surface area (Å²) in [4.78, 5) is 34.6. The van der Waals surface area contributed by atoms with Crippen molar-refractivity contribution in [2.45, 2.75) is 19.4 Å². The number of nitro benzene ring substituents is 1.